The Bertz CT molecular complexity index is 686. The van der Waals surface area contributed by atoms with Crippen molar-refractivity contribution in [1.29, 1.82) is 0 Å². The largest absolute Gasteiger partial charge is 0.465 e. The van der Waals surface area contributed by atoms with Gasteiger partial charge in [-0.05, 0) is 24.6 Å². The average molecular weight is 343 g/mol. The summed E-state index contributed by atoms with van der Waals surface area (Å²) in [5.74, 6) is -0.709. The standard InChI is InChI=1S/C14H21N3O5S/c1-10-5-6-11(13(18)22-4)9-12(10)16-14(19)15-7-8-23(20,21)17(2)3/h5-6,9H,7-8H2,1-4H3,(H2,15,16,19). The summed E-state index contributed by atoms with van der Waals surface area (Å²) in [6, 6.07) is 4.22. The van der Waals surface area contributed by atoms with Gasteiger partial charge < -0.3 is 15.4 Å². The second-order valence-corrected chi connectivity index (χ2v) is 7.30. The molecule has 0 heterocycles. The van der Waals surface area contributed by atoms with E-state index in [1.54, 1.807) is 19.1 Å². The van der Waals surface area contributed by atoms with E-state index in [9.17, 15) is 18.0 Å². The normalized spacial score (nSPS) is 11.2. The van der Waals surface area contributed by atoms with E-state index in [1.807, 2.05) is 0 Å². The first-order chi connectivity index (χ1) is 10.7. The lowest BCUT2D eigenvalue weighted by atomic mass is 10.1. The van der Waals surface area contributed by atoms with Crippen molar-refractivity contribution in [3.63, 3.8) is 0 Å². The number of urea groups is 1. The first-order valence-corrected chi connectivity index (χ1v) is 8.42. The number of aryl methyl sites for hydroxylation is 1. The van der Waals surface area contributed by atoms with E-state index in [2.05, 4.69) is 15.4 Å². The third kappa shape index (κ3) is 5.53. The molecule has 2 amide bonds. The minimum Gasteiger partial charge on any atom is -0.465 e. The molecule has 0 atom stereocenters. The zero-order chi connectivity index (χ0) is 17.6. The molecule has 1 aromatic rings. The highest BCUT2D eigenvalue weighted by molar-refractivity contribution is 7.89. The number of anilines is 1. The Labute approximate surface area is 135 Å². The van der Waals surface area contributed by atoms with Crippen LogP contribution in [0.15, 0.2) is 18.2 Å². The topological polar surface area (TPSA) is 105 Å². The number of esters is 1. The first-order valence-electron chi connectivity index (χ1n) is 6.81. The molecule has 0 bridgehead atoms. The second kappa shape index (κ2) is 7.93. The van der Waals surface area contributed by atoms with Crippen molar-refractivity contribution in [3.05, 3.63) is 29.3 Å². The molecular formula is C14H21N3O5S. The lowest BCUT2D eigenvalue weighted by molar-refractivity contribution is 0.0600. The van der Waals surface area contributed by atoms with E-state index in [0.717, 1.165) is 9.87 Å². The number of carbonyl (C=O) groups is 2. The van der Waals surface area contributed by atoms with Gasteiger partial charge in [0.05, 0.1) is 18.4 Å². The van der Waals surface area contributed by atoms with Gasteiger partial charge in [-0.2, -0.15) is 0 Å². The predicted octanol–water partition coefficient (Wildman–Crippen LogP) is 0.795. The van der Waals surface area contributed by atoms with Gasteiger partial charge in [-0.25, -0.2) is 22.3 Å². The summed E-state index contributed by atoms with van der Waals surface area (Å²) in [5.41, 5.74) is 1.51. The van der Waals surface area contributed by atoms with Crippen LogP contribution >= 0.6 is 0 Å². The van der Waals surface area contributed by atoms with Gasteiger partial charge in [-0.1, -0.05) is 6.07 Å². The minimum atomic E-state index is -3.37. The Balaban J connectivity index is 2.66. The lowest BCUT2D eigenvalue weighted by Crippen LogP contribution is -2.36. The monoisotopic (exact) mass is 343 g/mol. The van der Waals surface area contributed by atoms with E-state index in [1.165, 1.54) is 27.3 Å². The third-order valence-electron chi connectivity index (χ3n) is 3.11. The molecule has 0 radical (unpaired) electrons. The lowest BCUT2D eigenvalue weighted by Gasteiger charge is -2.13. The quantitative estimate of drug-likeness (QED) is 0.743. The molecule has 0 aromatic heterocycles. The number of methoxy groups -OCH3 is 1. The van der Waals surface area contributed by atoms with Gasteiger partial charge in [0.25, 0.3) is 0 Å². The maximum atomic E-state index is 11.8. The Morgan fingerprint density at radius 2 is 1.91 bits per heavy atom. The summed E-state index contributed by atoms with van der Waals surface area (Å²) in [5, 5.41) is 5.04. The van der Waals surface area contributed by atoms with E-state index >= 15 is 0 Å². The number of amides is 2. The van der Waals surface area contributed by atoms with Gasteiger partial charge >= 0.3 is 12.0 Å². The zero-order valence-corrected chi connectivity index (χ0v) is 14.4. The van der Waals surface area contributed by atoms with Crippen molar-refractivity contribution in [2.24, 2.45) is 0 Å². The van der Waals surface area contributed by atoms with E-state index in [-0.39, 0.29) is 12.3 Å². The van der Waals surface area contributed by atoms with Crippen LogP contribution in [0.5, 0.6) is 0 Å². The third-order valence-corrected chi connectivity index (χ3v) is 4.94. The smallest absolute Gasteiger partial charge is 0.337 e. The average Bonchev–Trinajstić information content (AvgIpc) is 2.48. The van der Waals surface area contributed by atoms with Crippen molar-refractivity contribution in [2.45, 2.75) is 6.92 Å². The van der Waals surface area contributed by atoms with Crippen molar-refractivity contribution in [1.82, 2.24) is 9.62 Å². The first kappa shape index (κ1) is 18.9. The fourth-order valence-electron chi connectivity index (χ4n) is 1.64. The van der Waals surface area contributed by atoms with Crippen LogP contribution in [0, 0.1) is 6.92 Å². The fraction of sp³-hybridized carbons (Fsp3) is 0.429. The predicted molar refractivity (Wildman–Crippen MR) is 87.0 cm³/mol. The van der Waals surface area contributed by atoms with Crippen molar-refractivity contribution in [2.75, 3.05) is 38.8 Å². The number of hydrogen-bond donors (Lipinski definition) is 2. The Morgan fingerprint density at radius 3 is 2.48 bits per heavy atom. The molecule has 0 saturated carbocycles. The van der Waals surface area contributed by atoms with E-state index in [0.29, 0.717) is 11.3 Å². The minimum absolute atomic E-state index is 0.0257. The van der Waals surface area contributed by atoms with Gasteiger partial charge in [-0.15, -0.1) is 0 Å². The SMILES string of the molecule is COC(=O)c1ccc(C)c(NC(=O)NCCS(=O)(=O)N(C)C)c1. The summed E-state index contributed by atoms with van der Waals surface area (Å²) in [4.78, 5) is 23.3. The number of ether oxygens (including phenoxy) is 1. The molecule has 23 heavy (non-hydrogen) atoms. The van der Waals surface area contributed by atoms with Crippen molar-refractivity contribution < 1.29 is 22.7 Å². The number of nitrogens with one attached hydrogen (secondary N) is 2. The highest BCUT2D eigenvalue weighted by Gasteiger charge is 2.14. The molecular weight excluding hydrogens is 322 g/mol. The van der Waals surface area contributed by atoms with Crippen LogP contribution < -0.4 is 10.6 Å². The molecule has 0 aliphatic rings. The Kier molecular flexibility index (Phi) is 6.52. The highest BCUT2D eigenvalue weighted by Crippen LogP contribution is 2.17. The molecule has 128 valence electrons. The van der Waals surface area contributed by atoms with Gasteiger partial charge in [0.2, 0.25) is 10.0 Å². The highest BCUT2D eigenvalue weighted by atomic mass is 32.2. The van der Waals surface area contributed by atoms with Gasteiger partial charge in [0.1, 0.15) is 0 Å². The number of rotatable bonds is 6. The van der Waals surface area contributed by atoms with Crippen LogP contribution in [-0.2, 0) is 14.8 Å². The van der Waals surface area contributed by atoms with Crippen LogP contribution in [0.2, 0.25) is 0 Å². The van der Waals surface area contributed by atoms with Crippen LogP contribution in [0.3, 0.4) is 0 Å². The van der Waals surface area contributed by atoms with Gasteiger partial charge in [0, 0.05) is 26.3 Å². The molecule has 8 nitrogen and oxygen atoms in total. The maximum Gasteiger partial charge on any atom is 0.337 e. The molecule has 0 spiro atoms. The molecule has 2 N–H and O–H groups in total. The number of sulfonamides is 1. The molecule has 1 aromatic carbocycles. The molecule has 0 aliphatic carbocycles. The van der Waals surface area contributed by atoms with Crippen LogP contribution in [0.1, 0.15) is 15.9 Å². The zero-order valence-electron chi connectivity index (χ0n) is 13.5. The Morgan fingerprint density at radius 1 is 1.26 bits per heavy atom. The molecule has 0 unspecified atom stereocenters. The second-order valence-electron chi connectivity index (χ2n) is 5.00. The van der Waals surface area contributed by atoms with Crippen molar-refractivity contribution >= 4 is 27.7 Å². The number of nitrogens with zero attached hydrogens (tertiary/aromatic N) is 1. The molecule has 9 heteroatoms. The fourth-order valence-corrected chi connectivity index (χ4v) is 2.37. The summed E-state index contributed by atoms with van der Waals surface area (Å²) in [6.45, 7) is 1.75. The summed E-state index contributed by atoms with van der Waals surface area (Å²) >= 11 is 0. The Hall–Kier alpha value is -2.13. The summed E-state index contributed by atoms with van der Waals surface area (Å²) < 4.78 is 28.9. The van der Waals surface area contributed by atoms with E-state index in [4.69, 9.17) is 0 Å². The van der Waals surface area contributed by atoms with Crippen LogP contribution in [0.25, 0.3) is 0 Å². The molecule has 0 fully saturated rings. The summed E-state index contributed by atoms with van der Waals surface area (Å²) in [6.07, 6.45) is 0. The maximum absolute atomic E-state index is 11.8. The van der Waals surface area contributed by atoms with Gasteiger partial charge in [0.15, 0.2) is 0 Å². The number of hydrogen-bond acceptors (Lipinski definition) is 5. The van der Waals surface area contributed by atoms with Gasteiger partial charge in [-0.3, -0.25) is 0 Å². The molecule has 1 rings (SSSR count). The molecule has 0 saturated heterocycles. The van der Waals surface area contributed by atoms with Crippen LogP contribution in [-0.4, -0.2) is 58.2 Å². The van der Waals surface area contributed by atoms with Crippen LogP contribution in [0.4, 0.5) is 10.5 Å². The van der Waals surface area contributed by atoms with Crippen molar-refractivity contribution in [3.8, 4) is 0 Å². The summed E-state index contributed by atoms with van der Waals surface area (Å²) in [7, 11) is 0.760. The number of benzene rings is 1. The number of carbonyl (C=O) groups excluding carboxylic acids is 2. The van der Waals surface area contributed by atoms with E-state index < -0.39 is 22.0 Å². The molecule has 0 aliphatic heterocycles.